The van der Waals surface area contributed by atoms with Crippen molar-refractivity contribution < 1.29 is 4.79 Å². The van der Waals surface area contributed by atoms with Crippen molar-refractivity contribution >= 4 is 5.91 Å². The molecular weight excluding hydrogens is 212 g/mol. The minimum atomic E-state index is -0.156. The first kappa shape index (κ1) is 12.9. The average Bonchev–Trinajstić information content (AvgIpc) is 2.54. The molecule has 2 unspecified atom stereocenters. The predicted octanol–water partition coefficient (Wildman–Crippen LogP) is 2.17. The number of hydrogen-bond donors (Lipinski definition) is 1. The van der Waals surface area contributed by atoms with E-state index < -0.39 is 0 Å². The molecule has 2 aliphatic heterocycles. The first-order valence-corrected chi connectivity index (χ1v) is 7.15. The molecule has 1 N–H and O–H groups in total. The Kier molecular flexibility index (Phi) is 4.08. The molecule has 98 valence electrons. The summed E-state index contributed by atoms with van der Waals surface area (Å²) in [5.74, 6) is 0.388. The molecule has 0 radical (unpaired) electrons. The molecule has 0 aliphatic carbocycles. The van der Waals surface area contributed by atoms with Crippen LogP contribution in [0.5, 0.6) is 0 Å². The van der Waals surface area contributed by atoms with Crippen molar-refractivity contribution in [3.8, 4) is 0 Å². The lowest BCUT2D eigenvalue weighted by Gasteiger charge is -2.39. The Hall–Kier alpha value is -0.570. The Bertz CT molecular complexity index is 271. The molecule has 0 aromatic carbocycles. The molecule has 3 nitrogen and oxygen atoms in total. The number of hydrogen-bond acceptors (Lipinski definition) is 2. The Labute approximate surface area is 105 Å². The zero-order valence-corrected chi connectivity index (χ0v) is 11.3. The van der Waals surface area contributed by atoms with E-state index >= 15 is 0 Å². The molecule has 2 aliphatic rings. The SMILES string of the molecule is CC1CCCCCN1C(=O)C1(C)CCCNC1. The summed E-state index contributed by atoms with van der Waals surface area (Å²) < 4.78 is 0. The van der Waals surface area contributed by atoms with Crippen LogP contribution in [-0.2, 0) is 4.79 Å². The molecule has 2 saturated heterocycles. The van der Waals surface area contributed by atoms with Crippen LogP contribution < -0.4 is 5.32 Å². The van der Waals surface area contributed by atoms with Crippen LogP contribution in [0.4, 0.5) is 0 Å². The highest BCUT2D eigenvalue weighted by Gasteiger charge is 2.39. The highest BCUT2D eigenvalue weighted by Crippen LogP contribution is 2.30. The predicted molar refractivity (Wildman–Crippen MR) is 69.9 cm³/mol. The van der Waals surface area contributed by atoms with Crippen molar-refractivity contribution in [2.45, 2.75) is 58.4 Å². The van der Waals surface area contributed by atoms with Gasteiger partial charge in [-0.05, 0) is 46.1 Å². The minimum Gasteiger partial charge on any atom is -0.339 e. The molecule has 17 heavy (non-hydrogen) atoms. The van der Waals surface area contributed by atoms with E-state index in [2.05, 4.69) is 24.1 Å². The topological polar surface area (TPSA) is 32.3 Å². The van der Waals surface area contributed by atoms with Crippen LogP contribution in [0.2, 0.25) is 0 Å². The van der Waals surface area contributed by atoms with Crippen LogP contribution in [0.3, 0.4) is 0 Å². The largest absolute Gasteiger partial charge is 0.339 e. The molecule has 0 aromatic heterocycles. The van der Waals surface area contributed by atoms with Crippen LogP contribution >= 0.6 is 0 Å². The number of carbonyl (C=O) groups excluding carboxylic acids is 1. The average molecular weight is 238 g/mol. The first-order valence-electron chi connectivity index (χ1n) is 7.15. The molecule has 3 heteroatoms. The van der Waals surface area contributed by atoms with Crippen LogP contribution in [0.1, 0.15) is 52.4 Å². The van der Waals surface area contributed by atoms with Crippen LogP contribution in [0.25, 0.3) is 0 Å². The van der Waals surface area contributed by atoms with Gasteiger partial charge in [0.1, 0.15) is 0 Å². The molecule has 2 heterocycles. The standard InChI is InChI=1S/C14H26N2O/c1-12-7-4-3-5-10-16(12)13(17)14(2)8-6-9-15-11-14/h12,15H,3-11H2,1-2H3. The molecular formula is C14H26N2O. The third-order valence-corrected chi connectivity index (χ3v) is 4.43. The zero-order valence-electron chi connectivity index (χ0n) is 11.3. The zero-order chi connectivity index (χ0) is 12.3. The smallest absolute Gasteiger partial charge is 0.230 e. The Balaban J connectivity index is 2.06. The number of nitrogens with one attached hydrogen (secondary N) is 1. The van der Waals surface area contributed by atoms with Crippen molar-refractivity contribution in [2.75, 3.05) is 19.6 Å². The normalized spacial score (nSPS) is 35.4. The van der Waals surface area contributed by atoms with Gasteiger partial charge < -0.3 is 10.2 Å². The van der Waals surface area contributed by atoms with E-state index in [1.54, 1.807) is 0 Å². The summed E-state index contributed by atoms with van der Waals surface area (Å²) in [5.41, 5.74) is -0.156. The van der Waals surface area contributed by atoms with E-state index in [9.17, 15) is 4.79 Å². The molecule has 0 spiro atoms. The summed E-state index contributed by atoms with van der Waals surface area (Å²) in [7, 11) is 0. The summed E-state index contributed by atoms with van der Waals surface area (Å²) in [6.45, 7) is 7.24. The van der Waals surface area contributed by atoms with Gasteiger partial charge in [-0.15, -0.1) is 0 Å². The lowest BCUT2D eigenvalue weighted by molar-refractivity contribution is -0.144. The minimum absolute atomic E-state index is 0.156. The van der Waals surface area contributed by atoms with Gasteiger partial charge in [0.05, 0.1) is 5.41 Å². The molecule has 2 fully saturated rings. The second-order valence-corrected chi connectivity index (χ2v) is 6.04. The summed E-state index contributed by atoms with van der Waals surface area (Å²) in [6, 6.07) is 0.434. The Morgan fingerprint density at radius 1 is 1.29 bits per heavy atom. The summed E-state index contributed by atoms with van der Waals surface area (Å²) in [5, 5.41) is 3.38. The van der Waals surface area contributed by atoms with Gasteiger partial charge >= 0.3 is 0 Å². The van der Waals surface area contributed by atoms with E-state index in [1.807, 2.05) is 0 Å². The van der Waals surface area contributed by atoms with Gasteiger partial charge in [-0.1, -0.05) is 12.8 Å². The van der Waals surface area contributed by atoms with Gasteiger partial charge in [0, 0.05) is 19.1 Å². The first-order chi connectivity index (χ1) is 8.13. The number of carbonyl (C=O) groups is 1. The second kappa shape index (κ2) is 5.38. The molecule has 0 bridgehead atoms. The van der Waals surface area contributed by atoms with Gasteiger partial charge in [0.2, 0.25) is 5.91 Å². The summed E-state index contributed by atoms with van der Waals surface area (Å²) in [4.78, 5) is 14.9. The fourth-order valence-electron chi connectivity index (χ4n) is 3.16. The third kappa shape index (κ3) is 2.82. The third-order valence-electron chi connectivity index (χ3n) is 4.43. The summed E-state index contributed by atoms with van der Waals surface area (Å²) >= 11 is 0. The lowest BCUT2D eigenvalue weighted by Crippen LogP contribution is -2.52. The van der Waals surface area contributed by atoms with E-state index in [0.717, 1.165) is 32.5 Å². The quantitative estimate of drug-likeness (QED) is 0.759. The van der Waals surface area contributed by atoms with Crippen LogP contribution in [-0.4, -0.2) is 36.5 Å². The van der Waals surface area contributed by atoms with Crippen LogP contribution in [0, 0.1) is 5.41 Å². The number of amides is 1. The van der Waals surface area contributed by atoms with Crippen LogP contribution in [0.15, 0.2) is 0 Å². The highest BCUT2D eigenvalue weighted by molar-refractivity contribution is 5.83. The molecule has 0 aromatic rings. The number of nitrogens with zero attached hydrogens (tertiary/aromatic N) is 1. The fourth-order valence-corrected chi connectivity index (χ4v) is 3.16. The van der Waals surface area contributed by atoms with Gasteiger partial charge in [-0.3, -0.25) is 4.79 Å². The van der Waals surface area contributed by atoms with Crippen molar-refractivity contribution in [3.05, 3.63) is 0 Å². The van der Waals surface area contributed by atoms with E-state index in [4.69, 9.17) is 0 Å². The lowest BCUT2D eigenvalue weighted by atomic mass is 9.81. The molecule has 2 atom stereocenters. The van der Waals surface area contributed by atoms with Crippen molar-refractivity contribution in [1.29, 1.82) is 0 Å². The number of piperidine rings is 1. The Morgan fingerprint density at radius 2 is 2.12 bits per heavy atom. The van der Waals surface area contributed by atoms with E-state index in [0.29, 0.717) is 11.9 Å². The van der Waals surface area contributed by atoms with E-state index in [-0.39, 0.29) is 5.41 Å². The number of rotatable bonds is 1. The number of likely N-dealkylation sites (tertiary alicyclic amines) is 1. The van der Waals surface area contributed by atoms with E-state index in [1.165, 1.54) is 25.7 Å². The maximum Gasteiger partial charge on any atom is 0.230 e. The maximum atomic E-state index is 12.7. The van der Waals surface area contributed by atoms with Crippen molar-refractivity contribution in [2.24, 2.45) is 5.41 Å². The van der Waals surface area contributed by atoms with Gasteiger partial charge in [-0.2, -0.15) is 0 Å². The van der Waals surface area contributed by atoms with Gasteiger partial charge in [0.25, 0.3) is 0 Å². The maximum absolute atomic E-state index is 12.7. The monoisotopic (exact) mass is 238 g/mol. The summed E-state index contributed by atoms with van der Waals surface area (Å²) in [6.07, 6.45) is 7.09. The van der Waals surface area contributed by atoms with Gasteiger partial charge in [-0.25, -0.2) is 0 Å². The highest BCUT2D eigenvalue weighted by atomic mass is 16.2. The second-order valence-electron chi connectivity index (χ2n) is 6.04. The Morgan fingerprint density at radius 3 is 2.82 bits per heavy atom. The van der Waals surface area contributed by atoms with Gasteiger partial charge in [0.15, 0.2) is 0 Å². The molecule has 0 saturated carbocycles. The van der Waals surface area contributed by atoms with Crippen molar-refractivity contribution in [3.63, 3.8) is 0 Å². The fraction of sp³-hybridized carbons (Fsp3) is 0.929. The molecule has 1 amide bonds. The van der Waals surface area contributed by atoms with Crippen molar-refractivity contribution in [1.82, 2.24) is 10.2 Å². The molecule has 2 rings (SSSR count).